The summed E-state index contributed by atoms with van der Waals surface area (Å²) in [5.74, 6) is -0.199. The summed E-state index contributed by atoms with van der Waals surface area (Å²) in [4.78, 5) is 12.4. The zero-order chi connectivity index (χ0) is 18.2. The van der Waals surface area contributed by atoms with E-state index in [1.165, 1.54) is 12.1 Å². The van der Waals surface area contributed by atoms with Crippen molar-refractivity contribution < 1.29 is 18.0 Å². The van der Waals surface area contributed by atoms with Gasteiger partial charge in [0, 0.05) is 5.92 Å². The third-order valence-electron chi connectivity index (χ3n) is 4.81. The molecule has 2 aromatic rings. The molecule has 0 saturated heterocycles. The number of rotatable bonds is 4. The Morgan fingerprint density at radius 3 is 2.36 bits per heavy atom. The van der Waals surface area contributed by atoms with Crippen LogP contribution >= 0.6 is 0 Å². The van der Waals surface area contributed by atoms with E-state index in [0.717, 1.165) is 28.8 Å². The molecule has 1 aliphatic rings. The Labute approximate surface area is 145 Å². The van der Waals surface area contributed by atoms with Crippen LogP contribution in [0.1, 0.15) is 47.6 Å². The molecule has 0 bridgehead atoms. The molecule has 25 heavy (non-hydrogen) atoms. The molecule has 5 heteroatoms. The quantitative estimate of drug-likeness (QED) is 0.829. The fourth-order valence-electron chi connectivity index (χ4n) is 3.24. The van der Waals surface area contributed by atoms with Gasteiger partial charge in [0.1, 0.15) is 0 Å². The summed E-state index contributed by atoms with van der Waals surface area (Å²) in [6, 6.07) is 12.9. The Balaban J connectivity index is 1.61. The van der Waals surface area contributed by atoms with E-state index < -0.39 is 11.7 Å². The van der Waals surface area contributed by atoms with E-state index in [9.17, 15) is 18.0 Å². The number of hydrogen-bond donors (Lipinski definition) is 1. The third kappa shape index (κ3) is 3.86. The maximum atomic E-state index is 12.6. The number of carbonyl (C=O) groups is 1. The van der Waals surface area contributed by atoms with Crippen LogP contribution in [-0.4, -0.2) is 5.91 Å². The lowest BCUT2D eigenvalue weighted by atomic mass is 10.0. The Morgan fingerprint density at radius 2 is 1.76 bits per heavy atom. The summed E-state index contributed by atoms with van der Waals surface area (Å²) in [5.41, 5.74) is 2.32. The zero-order valence-electron chi connectivity index (χ0n) is 14.1. The van der Waals surface area contributed by atoms with E-state index in [-0.39, 0.29) is 23.8 Å². The molecule has 3 rings (SSSR count). The van der Waals surface area contributed by atoms with Gasteiger partial charge in [-0.25, -0.2) is 0 Å². The number of carbonyl (C=O) groups excluding carboxylic acids is 1. The van der Waals surface area contributed by atoms with Crippen LogP contribution in [0.5, 0.6) is 0 Å². The largest absolute Gasteiger partial charge is 0.416 e. The van der Waals surface area contributed by atoms with Crippen molar-refractivity contribution in [3.05, 3.63) is 70.8 Å². The number of alkyl halides is 3. The molecule has 0 spiro atoms. The van der Waals surface area contributed by atoms with Crippen LogP contribution < -0.4 is 5.32 Å². The fourth-order valence-corrected chi connectivity index (χ4v) is 3.24. The number of amides is 1. The molecule has 3 unspecified atom stereocenters. The standard InChI is InChI=1S/C20H20F3NO/c1-12-5-3-4-6-16(12)13(2)24-19(25)18-11-17(18)14-7-9-15(10-8-14)20(21,22)23/h3-10,13,17-18H,11H2,1-2H3,(H,24,25). The fraction of sp³-hybridized carbons (Fsp3) is 0.350. The second-order valence-electron chi connectivity index (χ2n) is 6.66. The molecule has 3 atom stereocenters. The van der Waals surface area contributed by atoms with Gasteiger partial charge < -0.3 is 5.32 Å². The number of hydrogen-bond acceptors (Lipinski definition) is 1. The van der Waals surface area contributed by atoms with Crippen LogP contribution in [-0.2, 0) is 11.0 Å². The zero-order valence-corrected chi connectivity index (χ0v) is 14.1. The van der Waals surface area contributed by atoms with Crippen molar-refractivity contribution >= 4 is 5.91 Å². The second kappa shape index (κ2) is 6.54. The summed E-state index contributed by atoms with van der Waals surface area (Å²) < 4.78 is 37.8. The van der Waals surface area contributed by atoms with E-state index >= 15 is 0 Å². The molecular weight excluding hydrogens is 327 g/mol. The van der Waals surface area contributed by atoms with Crippen LogP contribution in [0.4, 0.5) is 13.2 Å². The molecule has 2 nitrogen and oxygen atoms in total. The maximum absolute atomic E-state index is 12.6. The van der Waals surface area contributed by atoms with Crippen molar-refractivity contribution in [3.63, 3.8) is 0 Å². The minimum Gasteiger partial charge on any atom is -0.349 e. The highest BCUT2D eigenvalue weighted by molar-refractivity contribution is 5.83. The van der Waals surface area contributed by atoms with E-state index in [2.05, 4.69) is 5.32 Å². The van der Waals surface area contributed by atoms with Crippen LogP contribution in [0.2, 0.25) is 0 Å². The predicted octanol–water partition coefficient (Wildman–Crippen LogP) is 4.99. The van der Waals surface area contributed by atoms with E-state index in [0.29, 0.717) is 6.42 Å². The molecular formula is C20H20F3NO. The topological polar surface area (TPSA) is 29.1 Å². The lowest BCUT2D eigenvalue weighted by Crippen LogP contribution is -2.28. The first kappa shape index (κ1) is 17.5. The average Bonchev–Trinajstić information content (AvgIpc) is 3.35. The number of halogens is 3. The van der Waals surface area contributed by atoms with Crippen LogP contribution in [0.25, 0.3) is 0 Å². The molecule has 0 aliphatic heterocycles. The molecule has 1 N–H and O–H groups in total. The highest BCUT2D eigenvalue weighted by Gasteiger charge is 2.44. The summed E-state index contributed by atoms with van der Waals surface area (Å²) in [6.07, 6.45) is -3.65. The molecule has 0 radical (unpaired) electrons. The second-order valence-corrected chi connectivity index (χ2v) is 6.66. The van der Waals surface area contributed by atoms with Crippen molar-refractivity contribution in [2.45, 2.75) is 38.4 Å². The first-order valence-electron chi connectivity index (χ1n) is 8.30. The van der Waals surface area contributed by atoms with Gasteiger partial charge in [0.2, 0.25) is 5.91 Å². The SMILES string of the molecule is Cc1ccccc1C(C)NC(=O)C1CC1c1ccc(C(F)(F)F)cc1. The third-order valence-corrected chi connectivity index (χ3v) is 4.81. The van der Waals surface area contributed by atoms with Gasteiger partial charge in [0.05, 0.1) is 11.6 Å². The number of benzene rings is 2. The minimum atomic E-state index is -4.33. The molecule has 1 fully saturated rings. The summed E-state index contributed by atoms with van der Waals surface area (Å²) in [6.45, 7) is 3.94. The number of aryl methyl sites for hydroxylation is 1. The summed E-state index contributed by atoms with van der Waals surface area (Å²) in [5, 5.41) is 3.02. The lowest BCUT2D eigenvalue weighted by molar-refractivity contribution is -0.137. The predicted molar refractivity (Wildman–Crippen MR) is 90.0 cm³/mol. The molecule has 1 saturated carbocycles. The van der Waals surface area contributed by atoms with Gasteiger partial charge in [0.25, 0.3) is 0 Å². The summed E-state index contributed by atoms with van der Waals surface area (Å²) >= 11 is 0. The van der Waals surface area contributed by atoms with Crippen molar-refractivity contribution in [1.29, 1.82) is 0 Å². The van der Waals surface area contributed by atoms with E-state index in [1.807, 2.05) is 38.1 Å². The van der Waals surface area contributed by atoms with Crippen molar-refractivity contribution in [2.75, 3.05) is 0 Å². The first-order valence-corrected chi connectivity index (χ1v) is 8.30. The highest BCUT2D eigenvalue weighted by atomic mass is 19.4. The molecule has 2 aromatic carbocycles. The van der Waals surface area contributed by atoms with Gasteiger partial charge in [-0.15, -0.1) is 0 Å². The summed E-state index contributed by atoms with van der Waals surface area (Å²) in [7, 11) is 0. The smallest absolute Gasteiger partial charge is 0.349 e. The average molecular weight is 347 g/mol. The van der Waals surface area contributed by atoms with Crippen molar-refractivity contribution in [1.82, 2.24) is 5.32 Å². The van der Waals surface area contributed by atoms with Crippen LogP contribution in [0.3, 0.4) is 0 Å². The maximum Gasteiger partial charge on any atom is 0.416 e. The van der Waals surface area contributed by atoms with Gasteiger partial charge >= 0.3 is 6.18 Å². The molecule has 132 valence electrons. The van der Waals surface area contributed by atoms with Gasteiger partial charge in [-0.1, -0.05) is 36.4 Å². The van der Waals surface area contributed by atoms with Gasteiger partial charge in [-0.2, -0.15) is 13.2 Å². The normalized spacial score (nSPS) is 20.8. The Bertz CT molecular complexity index is 767. The van der Waals surface area contributed by atoms with E-state index in [1.54, 1.807) is 0 Å². The Morgan fingerprint density at radius 1 is 1.12 bits per heavy atom. The Kier molecular flexibility index (Phi) is 4.58. The van der Waals surface area contributed by atoms with Gasteiger partial charge in [0.15, 0.2) is 0 Å². The van der Waals surface area contributed by atoms with Crippen LogP contribution in [0.15, 0.2) is 48.5 Å². The lowest BCUT2D eigenvalue weighted by Gasteiger charge is -2.16. The van der Waals surface area contributed by atoms with Crippen molar-refractivity contribution in [2.24, 2.45) is 5.92 Å². The monoisotopic (exact) mass is 347 g/mol. The minimum absolute atomic E-state index is 0.00588. The van der Waals surface area contributed by atoms with E-state index in [4.69, 9.17) is 0 Å². The molecule has 1 amide bonds. The van der Waals surface area contributed by atoms with Gasteiger partial charge in [-0.05, 0) is 55.0 Å². The Hall–Kier alpha value is -2.30. The first-order chi connectivity index (χ1) is 11.8. The van der Waals surface area contributed by atoms with Crippen molar-refractivity contribution in [3.8, 4) is 0 Å². The number of nitrogens with one attached hydrogen (secondary N) is 1. The van der Waals surface area contributed by atoms with Gasteiger partial charge in [-0.3, -0.25) is 4.79 Å². The molecule has 1 aliphatic carbocycles. The van der Waals surface area contributed by atoms with Crippen LogP contribution in [0, 0.1) is 12.8 Å². The highest BCUT2D eigenvalue weighted by Crippen LogP contribution is 2.48. The molecule has 0 heterocycles. The molecule has 0 aromatic heterocycles.